The molecule has 1 aliphatic rings. The molecule has 1 aromatic rings. The van der Waals surface area contributed by atoms with Crippen LogP contribution in [0.5, 0.6) is 0 Å². The van der Waals surface area contributed by atoms with Gasteiger partial charge in [0.25, 0.3) is 0 Å². The van der Waals surface area contributed by atoms with Gasteiger partial charge in [-0.25, -0.2) is 0 Å². The minimum atomic E-state index is 0.122. The number of carbonyl (C=O) groups excluding carboxylic acids is 1. The Labute approximate surface area is 107 Å². The molecule has 2 rings (SSSR count). The maximum atomic E-state index is 11.7. The first-order valence-electron chi connectivity index (χ1n) is 6.58. The minimum Gasteiger partial charge on any atom is -0.356 e. The fourth-order valence-corrected chi connectivity index (χ4v) is 2.24. The first-order valence-corrected chi connectivity index (χ1v) is 6.58. The Morgan fingerprint density at radius 3 is 3.17 bits per heavy atom. The van der Waals surface area contributed by atoms with Gasteiger partial charge in [-0.15, -0.1) is 10.2 Å². The van der Waals surface area contributed by atoms with Gasteiger partial charge in [0, 0.05) is 32.5 Å². The molecule has 1 saturated heterocycles. The van der Waals surface area contributed by atoms with Gasteiger partial charge >= 0.3 is 0 Å². The number of amides is 1. The van der Waals surface area contributed by atoms with Crippen molar-refractivity contribution in [3.63, 3.8) is 0 Å². The molecular formula is C12H21N5O. The molecule has 0 radical (unpaired) electrons. The molecule has 1 amide bonds. The van der Waals surface area contributed by atoms with Gasteiger partial charge in [0.05, 0.1) is 0 Å². The summed E-state index contributed by atoms with van der Waals surface area (Å²) in [4.78, 5) is 11.7. The predicted octanol–water partition coefficient (Wildman–Crippen LogP) is 0.00600. The van der Waals surface area contributed by atoms with E-state index in [1.54, 1.807) is 6.33 Å². The highest BCUT2D eigenvalue weighted by molar-refractivity contribution is 5.76. The van der Waals surface area contributed by atoms with Crippen molar-refractivity contribution in [3.8, 4) is 0 Å². The van der Waals surface area contributed by atoms with E-state index < -0.39 is 0 Å². The van der Waals surface area contributed by atoms with Crippen molar-refractivity contribution in [2.45, 2.75) is 38.1 Å². The van der Waals surface area contributed by atoms with E-state index in [4.69, 9.17) is 0 Å². The number of aryl methyl sites for hydroxylation is 1. The summed E-state index contributed by atoms with van der Waals surface area (Å²) in [5.41, 5.74) is 0. The van der Waals surface area contributed by atoms with E-state index in [9.17, 15) is 4.79 Å². The summed E-state index contributed by atoms with van der Waals surface area (Å²) in [5, 5.41) is 14.1. The van der Waals surface area contributed by atoms with Gasteiger partial charge in [-0.2, -0.15) is 0 Å². The minimum absolute atomic E-state index is 0.122. The lowest BCUT2D eigenvalue weighted by molar-refractivity contribution is -0.121. The van der Waals surface area contributed by atoms with E-state index in [0.29, 0.717) is 19.0 Å². The zero-order valence-electron chi connectivity index (χ0n) is 10.9. The normalized spacial score (nSPS) is 19.7. The molecule has 1 aromatic heterocycles. The molecule has 0 bridgehead atoms. The number of aromatic nitrogens is 3. The lowest BCUT2D eigenvalue weighted by Gasteiger charge is -2.22. The molecule has 1 fully saturated rings. The third-order valence-electron chi connectivity index (χ3n) is 3.32. The van der Waals surface area contributed by atoms with Crippen molar-refractivity contribution in [1.29, 1.82) is 0 Å². The van der Waals surface area contributed by atoms with Crippen molar-refractivity contribution in [3.05, 3.63) is 12.2 Å². The molecule has 0 aliphatic carbocycles. The second kappa shape index (κ2) is 6.49. The Morgan fingerprint density at radius 1 is 1.61 bits per heavy atom. The zero-order valence-corrected chi connectivity index (χ0v) is 10.9. The van der Waals surface area contributed by atoms with Crippen LogP contribution in [-0.4, -0.2) is 39.8 Å². The molecule has 1 aliphatic heterocycles. The Bertz CT molecular complexity index is 384. The first kappa shape index (κ1) is 13.0. The summed E-state index contributed by atoms with van der Waals surface area (Å²) in [6.07, 6.45) is 6.53. The molecule has 18 heavy (non-hydrogen) atoms. The number of nitrogens with one attached hydrogen (secondary N) is 2. The van der Waals surface area contributed by atoms with E-state index >= 15 is 0 Å². The second-order valence-corrected chi connectivity index (χ2v) is 4.81. The number of hydrogen-bond acceptors (Lipinski definition) is 4. The highest BCUT2D eigenvalue weighted by Gasteiger charge is 2.15. The first-order chi connectivity index (χ1) is 8.75. The molecule has 6 nitrogen and oxygen atoms in total. The highest BCUT2D eigenvalue weighted by Crippen LogP contribution is 2.09. The lowest BCUT2D eigenvalue weighted by Crippen LogP contribution is -2.39. The molecule has 0 saturated carbocycles. The Morgan fingerprint density at radius 2 is 2.50 bits per heavy atom. The van der Waals surface area contributed by atoms with E-state index in [-0.39, 0.29) is 5.91 Å². The Balaban J connectivity index is 1.64. The summed E-state index contributed by atoms with van der Waals surface area (Å²) in [6.45, 7) is 1.66. The number of hydrogen-bond donors (Lipinski definition) is 2. The quantitative estimate of drug-likeness (QED) is 0.773. The summed E-state index contributed by atoms with van der Waals surface area (Å²) in [6, 6.07) is 0.355. The lowest BCUT2D eigenvalue weighted by atomic mass is 10.0. The number of piperidine rings is 1. The summed E-state index contributed by atoms with van der Waals surface area (Å²) in [5.74, 6) is 1.02. The van der Waals surface area contributed by atoms with Crippen LogP contribution in [0.15, 0.2) is 6.33 Å². The Kier molecular flexibility index (Phi) is 4.69. The van der Waals surface area contributed by atoms with E-state index in [1.165, 1.54) is 12.8 Å². The summed E-state index contributed by atoms with van der Waals surface area (Å²) >= 11 is 0. The van der Waals surface area contributed by atoms with Gasteiger partial charge < -0.3 is 15.2 Å². The van der Waals surface area contributed by atoms with Crippen molar-refractivity contribution >= 4 is 5.91 Å². The number of carbonyl (C=O) groups is 1. The van der Waals surface area contributed by atoms with Crippen molar-refractivity contribution in [2.75, 3.05) is 13.1 Å². The molecule has 0 spiro atoms. The summed E-state index contributed by atoms with van der Waals surface area (Å²) in [7, 11) is 1.91. The maximum absolute atomic E-state index is 11.7. The van der Waals surface area contributed by atoms with Crippen LogP contribution in [0.25, 0.3) is 0 Å². The average Bonchev–Trinajstić information content (AvgIpc) is 2.76. The van der Waals surface area contributed by atoms with Gasteiger partial charge in [0.1, 0.15) is 12.2 Å². The molecular weight excluding hydrogens is 230 g/mol. The molecule has 6 heteroatoms. The SMILES string of the molecule is Cn1cnnc1CCNC(=O)CC1CCCCN1. The smallest absolute Gasteiger partial charge is 0.221 e. The van der Waals surface area contributed by atoms with E-state index in [1.807, 2.05) is 11.6 Å². The van der Waals surface area contributed by atoms with Crippen LogP contribution in [0, 0.1) is 0 Å². The third kappa shape index (κ3) is 3.80. The van der Waals surface area contributed by atoms with Crippen LogP contribution in [0.4, 0.5) is 0 Å². The highest BCUT2D eigenvalue weighted by atomic mass is 16.1. The van der Waals surface area contributed by atoms with Gasteiger partial charge in [-0.3, -0.25) is 4.79 Å². The van der Waals surface area contributed by atoms with Gasteiger partial charge in [0.15, 0.2) is 0 Å². The van der Waals surface area contributed by atoms with Crippen LogP contribution >= 0.6 is 0 Å². The third-order valence-corrected chi connectivity index (χ3v) is 3.32. The maximum Gasteiger partial charge on any atom is 0.221 e. The fraction of sp³-hybridized carbons (Fsp3) is 0.750. The molecule has 0 aromatic carbocycles. The van der Waals surface area contributed by atoms with Gasteiger partial charge in [-0.05, 0) is 19.4 Å². The number of nitrogens with zero attached hydrogens (tertiary/aromatic N) is 3. The van der Waals surface area contributed by atoms with Gasteiger partial charge in [0.2, 0.25) is 5.91 Å². The number of rotatable bonds is 5. The molecule has 1 atom stereocenters. The molecule has 2 heterocycles. The standard InChI is InChI=1S/C12H21N5O/c1-17-9-15-16-11(17)5-7-14-12(18)8-10-4-2-3-6-13-10/h9-10,13H,2-8H2,1H3,(H,14,18). The second-order valence-electron chi connectivity index (χ2n) is 4.81. The van der Waals surface area contributed by atoms with Crippen molar-refractivity contribution in [1.82, 2.24) is 25.4 Å². The van der Waals surface area contributed by atoms with Crippen LogP contribution in [0.1, 0.15) is 31.5 Å². The van der Waals surface area contributed by atoms with Crippen molar-refractivity contribution in [2.24, 2.45) is 7.05 Å². The molecule has 1 unspecified atom stereocenters. The predicted molar refractivity (Wildman–Crippen MR) is 68.0 cm³/mol. The van der Waals surface area contributed by atoms with E-state index in [2.05, 4.69) is 20.8 Å². The molecule has 2 N–H and O–H groups in total. The van der Waals surface area contributed by atoms with Crippen LogP contribution < -0.4 is 10.6 Å². The molecule has 100 valence electrons. The topological polar surface area (TPSA) is 71.8 Å². The van der Waals surface area contributed by atoms with Crippen LogP contribution in [-0.2, 0) is 18.3 Å². The summed E-state index contributed by atoms with van der Waals surface area (Å²) < 4.78 is 1.87. The zero-order chi connectivity index (χ0) is 12.8. The van der Waals surface area contributed by atoms with Crippen LogP contribution in [0.3, 0.4) is 0 Å². The van der Waals surface area contributed by atoms with Gasteiger partial charge in [-0.1, -0.05) is 6.42 Å². The monoisotopic (exact) mass is 251 g/mol. The van der Waals surface area contributed by atoms with Crippen molar-refractivity contribution < 1.29 is 4.79 Å². The fourth-order valence-electron chi connectivity index (χ4n) is 2.24. The average molecular weight is 251 g/mol. The largest absolute Gasteiger partial charge is 0.356 e. The van der Waals surface area contributed by atoms with E-state index in [0.717, 1.165) is 25.2 Å². The van der Waals surface area contributed by atoms with Crippen LogP contribution in [0.2, 0.25) is 0 Å². The Hall–Kier alpha value is -1.43.